The SMILES string of the molecule is Cc1ccc(C(Cl)c2c(F)ccc(C)c2F)c(C)c1. The normalized spacial score (nSPS) is 12.5. The van der Waals surface area contributed by atoms with Gasteiger partial charge in [-0.25, -0.2) is 8.78 Å². The van der Waals surface area contributed by atoms with E-state index < -0.39 is 17.0 Å². The zero-order chi connectivity index (χ0) is 14.2. The van der Waals surface area contributed by atoms with Crippen molar-refractivity contribution in [3.8, 4) is 0 Å². The van der Waals surface area contributed by atoms with Gasteiger partial charge in [-0.1, -0.05) is 29.8 Å². The van der Waals surface area contributed by atoms with Crippen molar-refractivity contribution in [3.63, 3.8) is 0 Å². The minimum absolute atomic E-state index is 0.0754. The van der Waals surface area contributed by atoms with Gasteiger partial charge < -0.3 is 0 Å². The number of halogens is 3. The first kappa shape index (κ1) is 14.0. The van der Waals surface area contributed by atoms with Crippen LogP contribution in [0.3, 0.4) is 0 Å². The second-order valence-electron chi connectivity index (χ2n) is 4.81. The van der Waals surface area contributed by atoms with Gasteiger partial charge in [0, 0.05) is 5.56 Å². The number of alkyl halides is 1. The molecule has 0 aliphatic heterocycles. The molecule has 19 heavy (non-hydrogen) atoms. The molecule has 2 aromatic rings. The molecule has 2 aromatic carbocycles. The average Bonchev–Trinajstić information content (AvgIpc) is 2.34. The summed E-state index contributed by atoms with van der Waals surface area (Å²) >= 11 is 6.29. The molecule has 0 saturated heterocycles. The quantitative estimate of drug-likeness (QED) is 0.662. The highest BCUT2D eigenvalue weighted by atomic mass is 35.5. The van der Waals surface area contributed by atoms with Crippen molar-refractivity contribution in [2.45, 2.75) is 26.1 Å². The molecule has 0 heterocycles. The van der Waals surface area contributed by atoms with Gasteiger partial charge in [0.15, 0.2) is 0 Å². The van der Waals surface area contributed by atoms with Crippen LogP contribution in [0, 0.1) is 32.4 Å². The molecule has 0 radical (unpaired) electrons. The van der Waals surface area contributed by atoms with E-state index in [1.807, 2.05) is 32.0 Å². The van der Waals surface area contributed by atoms with Crippen LogP contribution in [-0.2, 0) is 0 Å². The average molecular weight is 281 g/mol. The van der Waals surface area contributed by atoms with Gasteiger partial charge in [0.2, 0.25) is 0 Å². The van der Waals surface area contributed by atoms with Crippen molar-refractivity contribution in [2.75, 3.05) is 0 Å². The van der Waals surface area contributed by atoms with E-state index in [0.717, 1.165) is 16.7 Å². The van der Waals surface area contributed by atoms with Crippen molar-refractivity contribution < 1.29 is 8.78 Å². The summed E-state index contributed by atoms with van der Waals surface area (Å²) in [7, 11) is 0. The minimum atomic E-state index is -0.819. The molecule has 1 atom stereocenters. The molecule has 0 N–H and O–H groups in total. The van der Waals surface area contributed by atoms with Gasteiger partial charge in [-0.05, 0) is 43.5 Å². The number of rotatable bonds is 2. The highest BCUT2D eigenvalue weighted by molar-refractivity contribution is 6.22. The van der Waals surface area contributed by atoms with Crippen molar-refractivity contribution >= 4 is 11.6 Å². The Balaban J connectivity index is 2.56. The molecule has 0 nitrogen and oxygen atoms in total. The van der Waals surface area contributed by atoms with E-state index in [-0.39, 0.29) is 5.56 Å². The van der Waals surface area contributed by atoms with E-state index in [1.54, 1.807) is 6.92 Å². The Morgan fingerprint density at radius 1 is 0.947 bits per heavy atom. The Bertz CT molecular complexity index is 620. The van der Waals surface area contributed by atoms with Gasteiger partial charge in [-0.15, -0.1) is 11.6 Å². The summed E-state index contributed by atoms with van der Waals surface area (Å²) in [6.45, 7) is 5.46. The fourth-order valence-corrected chi connectivity index (χ4v) is 2.62. The van der Waals surface area contributed by atoms with E-state index >= 15 is 0 Å². The summed E-state index contributed by atoms with van der Waals surface area (Å²) in [5, 5.41) is -0.819. The van der Waals surface area contributed by atoms with E-state index in [9.17, 15) is 8.78 Å². The summed E-state index contributed by atoms with van der Waals surface area (Å²) in [6.07, 6.45) is 0. The van der Waals surface area contributed by atoms with Crippen LogP contribution in [0.5, 0.6) is 0 Å². The molecule has 0 amide bonds. The maximum atomic E-state index is 14.1. The van der Waals surface area contributed by atoms with Crippen molar-refractivity contribution in [1.82, 2.24) is 0 Å². The molecule has 0 bridgehead atoms. The van der Waals surface area contributed by atoms with Gasteiger partial charge >= 0.3 is 0 Å². The molecule has 0 aromatic heterocycles. The molecule has 3 heteroatoms. The van der Waals surface area contributed by atoms with Crippen LogP contribution in [-0.4, -0.2) is 0 Å². The molecule has 2 rings (SSSR count). The minimum Gasteiger partial charge on any atom is -0.207 e. The largest absolute Gasteiger partial charge is 0.207 e. The molecule has 0 aliphatic rings. The first-order valence-electron chi connectivity index (χ1n) is 6.07. The standard InChI is InChI=1S/C16H15ClF2/c1-9-4-6-12(11(3)8-9)15(17)14-13(18)7-5-10(2)16(14)19/h4-8,15H,1-3H3. The van der Waals surface area contributed by atoms with Crippen LogP contribution >= 0.6 is 11.6 Å². The van der Waals surface area contributed by atoms with E-state index in [2.05, 4.69) is 0 Å². The summed E-state index contributed by atoms with van der Waals surface area (Å²) in [5.74, 6) is -1.18. The van der Waals surface area contributed by atoms with Crippen LogP contribution in [0.2, 0.25) is 0 Å². The Hall–Kier alpha value is -1.41. The number of benzene rings is 2. The zero-order valence-corrected chi connectivity index (χ0v) is 11.9. The van der Waals surface area contributed by atoms with Crippen LogP contribution in [0.15, 0.2) is 30.3 Å². The number of hydrogen-bond acceptors (Lipinski definition) is 0. The van der Waals surface area contributed by atoms with E-state index in [0.29, 0.717) is 5.56 Å². The second kappa shape index (κ2) is 5.30. The Labute approximate surface area is 117 Å². The molecular formula is C16H15ClF2. The summed E-state index contributed by atoms with van der Waals surface area (Å²) < 4.78 is 27.9. The third-order valence-corrected chi connectivity index (χ3v) is 3.72. The fourth-order valence-electron chi connectivity index (χ4n) is 2.18. The number of aryl methyl sites for hydroxylation is 3. The van der Waals surface area contributed by atoms with Crippen molar-refractivity contribution in [1.29, 1.82) is 0 Å². The lowest BCUT2D eigenvalue weighted by atomic mass is 9.96. The smallest absolute Gasteiger partial charge is 0.134 e. The van der Waals surface area contributed by atoms with Crippen molar-refractivity contribution in [2.24, 2.45) is 0 Å². The summed E-state index contributed by atoms with van der Waals surface area (Å²) in [4.78, 5) is 0. The van der Waals surface area contributed by atoms with Gasteiger partial charge in [0.25, 0.3) is 0 Å². The monoisotopic (exact) mass is 280 g/mol. The molecule has 0 spiro atoms. The highest BCUT2D eigenvalue weighted by Gasteiger charge is 2.22. The first-order valence-corrected chi connectivity index (χ1v) is 6.51. The Morgan fingerprint density at radius 2 is 1.63 bits per heavy atom. The van der Waals surface area contributed by atoms with E-state index in [4.69, 9.17) is 11.6 Å². The predicted molar refractivity (Wildman–Crippen MR) is 74.7 cm³/mol. The van der Waals surface area contributed by atoms with Crippen LogP contribution in [0.25, 0.3) is 0 Å². The second-order valence-corrected chi connectivity index (χ2v) is 5.25. The lowest BCUT2D eigenvalue weighted by molar-refractivity contribution is 0.553. The third kappa shape index (κ3) is 2.64. The fraction of sp³-hybridized carbons (Fsp3) is 0.250. The van der Waals surface area contributed by atoms with Crippen LogP contribution in [0.1, 0.15) is 33.2 Å². The third-order valence-electron chi connectivity index (χ3n) is 3.27. The van der Waals surface area contributed by atoms with Crippen LogP contribution in [0.4, 0.5) is 8.78 Å². The molecule has 0 saturated carbocycles. The first-order chi connectivity index (χ1) is 8.91. The van der Waals surface area contributed by atoms with Crippen LogP contribution < -0.4 is 0 Å². The number of hydrogen-bond donors (Lipinski definition) is 0. The summed E-state index contributed by atoms with van der Waals surface area (Å²) in [5.41, 5.74) is 3.08. The predicted octanol–water partition coefficient (Wildman–Crippen LogP) is 5.22. The lowest BCUT2D eigenvalue weighted by Gasteiger charge is -2.16. The Kier molecular flexibility index (Phi) is 3.91. The summed E-state index contributed by atoms with van der Waals surface area (Å²) in [6, 6.07) is 8.34. The highest BCUT2D eigenvalue weighted by Crippen LogP contribution is 2.35. The Morgan fingerprint density at radius 3 is 2.26 bits per heavy atom. The zero-order valence-electron chi connectivity index (χ0n) is 11.1. The molecule has 1 unspecified atom stereocenters. The molecule has 0 aliphatic carbocycles. The molecule has 0 fully saturated rings. The van der Waals surface area contributed by atoms with Crippen molar-refractivity contribution in [3.05, 3.63) is 69.8 Å². The topological polar surface area (TPSA) is 0 Å². The maximum absolute atomic E-state index is 14.1. The molecule has 100 valence electrons. The van der Waals surface area contributed by atoms with Gasteiger partial charge in [0.05, 0.1) is 5.38 Å². The van der Waals surface area contributed by atoms with Gasteiger partial charge in [-0.3, -0.25) is 0 Å². The van der Waals surface area contributed by atoms with E-state index in [1.165, 1.54) is 12.1 Å². The molecular weight excluding hydrogens is 266 g/mol. The maximum Gasteiger partial charge on any atom is 0.134 e. The van der Waals surface area contributed by atoms with Gasteiger partial charge in [0.1, 0.15) is 11.6 Å². The lowest BCUT2D eigenvalue weighted by Crippen LogP contribution is -2.04. The van der Waals surface area contributed by atoms with Gasteiger partial charge in [-0.2, -0.15) is 0 Å².